The van der Waals surface area contributed by atoms with Crippen LogP contribution in [0.15, 0.2) is 18.5 Å². The van der Waals surface area contributed by atoms with Crippen LogP contribution < -0.4 is 10.6 Å². The molecule has 1 aromatic rings. The molecule has 1 aliphatic heterocycles. The van der Waals surface area contributed by atoms with Crippen LogP contribution in [-0.2, 0) is 11.3 Å². The Kier molecular flexibility index (Phi) is 3.44. The van der Waals surface area contributed by atoms with Crippen molar-refractivity contribution in [3.63, 3.8) is 0 Å². The molecule has 94 valence electrons. The third-order valence-corrected chi connectivity index (χ3v) is 2.99. The van der Waals surface area contributed by atoms with Crippen molar-refractivity contribution in [2.24, 2.45) is 0 Å². The van der Waals surface area contributed by atoms with Gasteiger partial charge in [0.1, 0.15) is 0 Å². The average Bonchev–Trinajstić information content (AvgIpc) is 2.66. The Balaban J connectivity index is 1.88. The van der Waals surface area contributed by atoms with Crippen molar-refractivity contribution >= 4 is 5.97 Å². The molecule has 0 radical (unpaired) electrons. The van der Waals surface area contributed by atoms with Crippen LogP contribution >= 0.6 is 0 Å². The minimum atomic E-state index is -0.759. The van der Waals surface area contributed by atoms with Gasteiger partial charge in [0.15, 0.2) is 0 Å². The van der Waals surface area contributed by atoms with Crippen LogP contribution in [0, 0.1) is 0 Å². The maximum atomic E-state index is 10.8. The lowest BCUT2D eigenvalue weighted by molar-refractivity contribution is -0.139. The molecule has 2 rings (SSSR count). The molecule has 0 amide bonds. The molecule has 1 aromatic heterocycles. The van der Waals surface area contributed by atoms with Gasteiger partial charge in [0.2, 0.25) is 0 Å². The summed E-state index contributed by atoms with van der Waals surface area (Å²) in [6, 6.07) is 2.07. The summed E-state index contributed by atoms with van der Waals surface area (Å²) in [5.74, 6) is -0.759. The second-order valence-electron chi connectivity index (χ2n) is 4.73. The smallest absolute Gasteiger partial charge is 0.305 e. The molecule has 0 bridgehead atoms. The van der Waals surface area contributed by atoms with E-state index in [1.807, 2.05) is 23.9 Å². The first-order valence-corrected chi connectivity index (χ1v) is 5.77. The van der Waals surface area contributed by atoms with Gasteiger partial charge in [0, 0.05) is 31.5 Å². The highest BCUT2D eigenvalue weighted by Gasteiger charge is 2.39. The standard InChI is InChI=1S/C11H18N4O2/c1-9(6-15-4-2-3-13-15)14-11(5-10(16)17)7-12-8-11/h2-4,9,12,14H,5-8H2,1H3,(H,16,17). The van der Waals surface area contributed by atoms with E-state index in [2.05, 4.69) is 15.7 Å². The third kappa shape index (κ3) is 3.04. The predicted molar refractivity (Wildman–Crippen MR) is 62.7 cm³/mol. The molecule has 2 heterocycles. The second kappa shape index (κ2) is 4.85. The van der Waals surface area contributed by atoms with Crippen LogP contribution in [0.2, 0.25) is 0 Å². The zero-order valence-corrected chi connectivity index (χ0v) is 9.89. The summed E-state index contributed by atoms with van der Waals surface area (Å²) in [5.41, 5.74) is -0.293. The van der Waals surface area contributed by atoms with Crippen LogP contribution in [-0.4, -0.2) is 45.5 Å². The van der Waals surface area contributed by atoms with E-state index in [4.69, 9.17) is 5.11 Å². The molecule has 1 saturated heterocycles. The van der Waals surface area contributed by atoms with E-state index in [1.165, 1.54) is 0 Å². The predicted octanol–water partition coefficient (Wildman–Crippen LogP) is -0.322. The summed E-state index contributed by atoms with van der Waals surface area (Å²) in [5, 5.41) is 19.6. The normalized spacial score (nSPS) is 19.6. The Bertz CT molecular complexity index is 373. The lowest BCUT2D eigenvalue weighted by Crippen LogP contribution is -2.70. The molecule has 1 unspecified atom stereocenters. The lowest BCUT2D eigenvalue weighted by Gasteiger charge is -2.44. The zero-order chi connectivity index (χ0) is 12.3. The third-order valence-electron chi connectivity index (χ3n) is 2.99. The second-order valence-corrected chi connectivity index (χ2v) is 4.73. The Morgan fingerprint density at radius 3 is 2.94 bits per heavy atom. The highest BCUT2D eigenvalue weighted by molar-refractivity contribution is 5.68. The number of hydrogen-bond acceptors (Lipinski definition) is 4. The molecule has 1 fully saturated rings. The van der Waals surface area contributed by atoms with Gasteiger partial charge in [-0.15, -0.1) is 0 Å². The van der Waals surface area contributed by atoms with Gasteiger partial charge in [0.25, 0.3) is 0 Å². The summed E-state index contributed by atoms with van der Waals surface area (Å²) in [6.45, 7) is 4.21. The maximum absolute atomic E-state index is 10.8. The van der Waals surface area contributed by atoms with E-state index in [0.29, 0.717) is 13.1 Å². The molecule has 17 heavy (non-hydrogen) atoms. The van der Waals surface area contributed by atoms with Gasteiger partial charge in [0.05, 0.1) is 18.5 Å². The summed E-state index contributed by atoms with van der Waals surface area (Å²) < 4.78 is 1.85. The first-order chi connectivity index (χ1) is 8.10. The topological polar surface area (TPSA) is 79.2 Å². The van der Waals surface area contributed by atoms with Gasteiger partial charge < -0.3 is 15.7 Å². The van der Waals surface area contributed by atoms with Crippen LogP contribution in [0.1, 0.15) is 13.3 Å². The van der Waals surface area contributed by atoms with Gasteiger partial charge in [-0.2, -0.15) is 5.10 Å². The highest BCUT2D eigenvalue weighted by Crippen LogP contribution is 2.17. The van der Waals surface area contributed by atoms with Gasteiger partial charge in [-0.1, -0.05) is 0 Å². The minimum absolute atomic E-state index is 0.156. The number of carboxylic acid groups (broad SMARTS) is 1. The Hall–Kier alpha value is -1.40. The molecular formula is C11H18N4O2. The fraction of sp³-hybridized carbons (Fsp3) is 0.636. The number of nitrogens with zero attached hydrogens (tertiary/aromatic N) is 2. The number of aliphatic carboxylic acids is 1. The molecule has 0 spiro atoms. The van der Waals surface area contributed by atoms with Crippen molar-refractivity contribution in [1.82, 2.24) is 20.4 Å². The summed E-state index contributed by atoms with van der Waals surface area (Å²) in [6.07, 6.45) is 3.80. The number of aromatic nitrogens is 2. The molecule has 1 aliphatic rings. The summed E-state index contributed by atoms with van der Waals surface area (Å²) in [4.78, 5) is 10.8. The molecule has 1 atom stereocenters. The number of carbonyl (C=O) groups is 1. The molecule has 0 aromatic carbocycles. The molecule has 3 N–H and O–H groups in total. The Morgan fingerprint density at radius 1 is 1.71 bits per heavy atom. The Labute approximate surface area is 100 Å². The quantitative estimate of drug-likeness (QED) is 0.633. The molecule has 0 aliphatic carbocycles. The van der Waals surface area contributed by atoms with E-state index in [1.54, 1.807) is 6.20 Å². The van der Waals surface area contributed by atoms with E-state index >= 15 is 0 Å². The van der Waals surface area contributed by atoms with Crippen LogP contribution in [0.25, 0.3) is 0 Å². The van der Waals surface area contributed by atoms with Crippen molar-refractivity contribution < 1.29 is 9.90 Å². The van der Waals surface area contributed by atoms with Gasteiger partial charge in [-0.05, 0) is 13.0 Å². The SMILES string of the molecule is CC(Cn1cccn1)NC1(CC(=O)O)CNC1. The van der Waals surface area contributed by atoms with Crippen molar-refractivity contribution in [2.45, 2.75) is 31.5 Å². The van der Waals surface area contributed by atoms with Gasteiger partial charge in [-0.3, -0.25) is 9.48 Å². The fourth-order valence-electron chi connectivity index (χ4n) is 2.25. The van der Waals surface area contributed by atoms with Crippen molar-refractivity contribution in [3.05, 3.63) is 18.5 Å². The monoisotopic (exact) mass is 238 g/mol. The van der Waals surface area contributed by atoms with E-state index in [0.717, 1.165) is 6.54 Å². The zero-order valence-electron chi connectivity index (χ0n) is 9.89. The molecular weight excluding hydrogens is 220 g/mol. The first kappa shape index (κ1) is 12.1. The van der Waals surface area contributed by atoms with Crippen LogP contribution in [0.5, 0.6) is 0 Å². The van der Waals surface area contributed by atoms with Gasteiger partial charge >= 0.3 is 5.97 Å². The van der Waals surface area contributed by atoms with Crippen molar-refractivity contribution in [3.8, 4) is 0 Å². The molecule has 6 heteroatoms. The van der Waals surface area contributed by atoms with Crippen molar-refractivity contribution in [1.29, 1.82) is 0 Å². The highest BCUT2D eigenvalue weighted by atomic mass is 16.4. The Morgan fingerprint density at radius 2 is 2.47 bits per heavy atom. The average molecular weight is 238 g/mol. The number of nitrogens with one attached hydrogen (secondary N) is 2. The largest absolute Gasteiger partial charge is 0.481 e. The van der Waals surface area contributed by atoms with Crippen LogP contribution in [0.4, 0.5) is 0 Å². The number of rotatable bonds is 6. The summed E-state index contributed by atoms with van der Waals surface area (Å²) in [7, 11) is 0. The number of carboxylic acids is 1. The van der Waals surface area contributed by atoms with E-state index < -0.39 is 5.97 Å². The summed E-state index contributed by atoms with van der Waals surface area (Å²) >= 11 is 0. The fourth-order valence-corrected chi connectivity index (χ4v) is 2.25. The molecule has 6 nitrogen and oxygen atoms in total. The van der Waals surface area contributed by atoms with Gasteiger partial charge in [-0.25, -0.2) is 0 Å². The van der Waals surface area contributed by atoms with Crippen molar-refractivity contribution in [2.75, 3.05) is 13.1 Å². The minimum Gasteiger partial charge on any atom is -0.481 e. The first-order valence-electron chi connectivity index (χ1n) is 5.77. The van der Waals surface area contributed by atoms with E-state index in [9.17, 15) is 4.79 Å². The maximum Gasteiger partial charge on any atom is 0.305 e. The van der Waals surface area contributed by atoms with E-state index in [-0.39, 0.29) is 18.0 Å². The van der Waals surface area contributed by atoms with Crippen LogP contribution in [0.3, 0.4) is 0 Å². The number of hydrogen-bond donors (Lipinski definition) is 3. The molecule has 0 saturated carbocycles. The lowest BCUT2D eigenvalue weighted by atomic mass is 9.87.